The van der Waals surface area contributed by atoms with Gasteiger partial charge in [-0.25, -0.2) is 0 Å². The fourth-order valence-corrected chi connectivity index (χ4v) is 8.38. The Hall–Kier alpha value is -2.89. The number of carbonyl (C=O) groups is 3. The van der Waals surface area contributed by atoms with Gasteiger partial charge >= 0.3 is 17.9 Å². The lowest BCUT2D eigenvalue weighted by Crippen LogP contribution is -2.30. The lowest BCUT2D eigenvalue weighted by molar-refractivity contribution is -0.167. The van der Waals surface area contributed by atoms with E-state index in [1.165, 1.54) is 161 Å². The molecule has 0 aromatic heterocycles. The van der Waals surface area contributed by atoms with Gasteiger partial charge in [-0.3, -0.25) is 14.4 Å². The normalized spacial score (nSPS) is 12.5. The van der Waals surface area contributed by atoms with Gasteiger partial charge in [-0.2, -0.15) is 0 Å². The zero-order valence-electron chi connectivity index (χ0n) is 45.1. The van der Waals surface area contributed by atoms with E-state index in [2.05, 4.69) is 81.5 Å². The van der Waals surface area contributed by atoms with Crippen LogP contribution in [0, 0.1) is 0 Å². The van der Waals surface area contributed by atoms with E-state index in [0.717, 1.165) is 96.3 Å². The van der Waals surface area contributed by atoms with Crippen LogP contribution in [0.5, 0.6) is 0 Å². The average Bonchev–Trinajstić information content (AvgIpc) is 3.34. The number of allylic oxidation sites excluding steroid dienone is 10. The van der Waals surface area contributed by atoms with Crippen molar-refractivity contribution in [1.82, 2.24) is 0 Å². The molecule has 0 aromatic rings. The number of carbonyl (C=O) groups excluding carboxylic acids is 3. The highest BCUT2D eigenvalue weighted by Gasteiger charge is 2.19. The quantitative estimate of drug-likeness (QED) is 0.0262. The first-order valence-corrected chi connectivity index (χ1v) is 29.3. The van der Waals surface area contributed by atoms with E-state index in [-0.39, 0.29) is 31.1 Å². The fraction of sp³-hybridized carbons (Fsp3) is 0.790. The Morgan fingerprint density at radius 1 is 0.309 bits per heavy atom. The third-order valence-electron chi connectivity index (χ3n) is 12.7. The second-order valence-corrected chi connectivity index (χ2v) is 19.5. The predicted molar refractivity (Wildman–Crippen MR) is 293 cm³/mol. The average molecular weight is 952 g/mol. The third kappa shape index (κ3) is 54.1. The summed E-state index contributed by atoms with van der Waals surface area (Å²) in [5.41, 5.74) is 0. The number of hydrogen-bond donors (Lipinski definition) is 0. The van der Waals surface area contributed by atoms with Gasteiger partial charge in [0, 0.05) is 19.3 Å². The second kappa shape index (κ2) is 56.7. The predicted octanol–water partition coefficient (Wildman–Crippen LogP) is 19.6. The molecule has 0 fully saturated rings. The molecule has 68 heavy (non-hydrogen) atoms. The summed E-state index contributed by atoms with van der Waals surface area (Å²) in [4.78, 5) is 38.1. The van der Waals surface area contributed by atoms with Crippen LogP contribution in [-0.2, 0) is 28.6 Å². The minimum Gasteiger partial charge on any atom is -0.462 e. The zero-order valence-corrected chi connectivity index (χ0v) is 45.1. The van der Waals surface area contributed by atoms with Crippen LogP contribution in [0.2, 0.25) is 0 Å². The molecule has 0 radical (unpaired) electrons. The maximum absolute atomic E-state index is 12.8. The monoisotopic (exact) mass is 951 g/mol. The molecule has 0 aliphatic heterocycles. The van der Waals surface area contributed by atoms with Gasteiger partial charge < -0.3 is 14.2 Å². The molecule has 0 aliphatic carbocycles. The summed E-state index contributed by atoms with van der Waals surface area (Å²) in [6.07, 6.45) is 70.8. The molecule has 6 nitrogen and oxygen atoms in total. The molecule has 0 spiro atoms. The molecule has 0 saturated carbocycles. The Kier molecular flexibility index (Phi) is 54.3. The standard InChI is InChI=1S/C62H110O6/c1-4-7-10-13-16-19-22-24-26-27-28-29-30-31-32-33-34-35-37-38-40-43-46-49-52-55-61(64)67-58-59(57-66-60(63)54-51-48-45-42-21-18-15-12-9-6-3)68-62(65)56-53-50-47-44-41-39-36-25-23-20-17-14-11-8-5-2/h7,10,12,15-16,19,24,26,28-29,59H,4-6,8-9,11,13-14,17-18,20-23,25,27,30-58H2,1-3H3/b10-7-,15-12-,19-16-,26-24-,29-28-. The fourth-order valence-electron chi connectivity index (χ4n) is 8.38. The van der Waals surface area contributed by atoms with Crippen molar-refractivity contribution in [2.75, 3.05) is 13.2 Å². The molecule has 0 saturated heterocycles. The second-order valence-electron chi connectivity index (χ2n) is 19.5. The third-order valence-corrected chi connectivity index (χ3v) is 12.7. The maximum Gasteiger partial charge on any atom is 0.306 e. The lowest BCUT2D eigenvalue weighted by Gasteiger charge is -2.18. The van der Waals surface area contributed by atoms with Crippen molar-refractivity contribution in [3.05, 3.63) is 60.8 Å². The Bertz CT molecular complexity index is 1230. The van der Waals surface area contributed by atoms with Crippen molar-refractivity contribution in [2.24, 2.45) is 0 Å². The summed E-state index contributed by atoms with van der Waals surface area (Å²) in [5.74, 6) is -0.875. The van der Waals surface area contributed by atoms with Crippen molar-refractivity contribution >= 4 is 17.9 Å². The molecule has 1 atom stereocenters. The largest absolute Gasteiger partial charge is 0.462 e. The van der Waals surface area contributed by atoms with Gasteiger partial charge in [-0.05, 0) is 77.0 Å². The molecule has 1 unspecified atom stereocenters. The van der Waals surface area contributed by atoms with Gasteiger partial charge in [-0.15, -0.1) is 0 Å². The first-order chi connectivity index (χ1) is 33.5. The minimum atomic E-state index is -0.774. The van der Waals surface area contributed by atoms with Crippen molar-refractivity contribution in [3.63, 3.8) is 0 Å². The van der Waals surface area contributed by atoms with Crippen LogP contribution < -0.4 is 0 Å². The van der Waals surface area contributed by atoms with E-state index in [4.69, 9.17) is 14.2 Å². The molecular formula is C62H110O6. The van der Waals surface area contributed by atoms with Crippen LogP contribution in [0.4, 0.5) is 0 Å². The van der Waals surface area contributed by atoms with E-state index < -0.39 is 6.10 Å². The summed E-state index contributed by atoms with van der Waals surface area (Å²) in [5, 5.41) is 0. The van der Waals surface area contributed by atoms with Gasteiger partial charge in [-0.1, -0.05) is 261 Å². The van der Waals surface area contributed by atoms with Crippen LogP contribution in [0.1, 0.15) is 297 Å². The smallest absolute Gasteiger partial charge is 0.306 e. The van der Waals surface area contributed by atoms with E-state index in [1.807, 2.05) is 0 Å². The Labute approximate surface area is 421 Å². The van der Waals surface area contributed by atoms with Gasteiger partial charge in [0.2, 0.25) is 0 Å². The maximum atomic E-state index is 12.8. The van der Waals surface area contributed by atoms with Gasteiger partial charge in [0.1, 0.15) is 13.2 Å². The highest BCUT2D eigenvalue weighted by Crippen LogP contribution is 2.16. The van der Waals surface area contributed by atoms with Gasteiger partial charge in [0.15, 0.2) is 6.10 Å². The molecule has 6 heteroatoms. The Balaban J connectivity index is 4.21. The molecule has 0 N–H and O–H groups in total. The highest BCUT2D eigenvalue weighted by molar-refractivity contribution is 5.71. The summed E-state index contributed by atoms with van der Waals surface area (Å²) < 4.78 is 16.8. The van der Waals surface area contributed by atoms with Gasteiger partial charge in [0.05, 0.1) is 0 Å². The van der Waals surface area contributed by atoms with Crippen LogP contribution in [-0.4, -0.2) is 37.2 Å². The SMILES string of the molecule is CC/C=C\C/C=C\C/C=C\C/C=C\CCCCCCCCCCCCCCC(=O)OCC(COC(=O)CCCCCCC/C=C\CCC)OC(=O)CCCCCCCCCCCCCCCCC. The van der Waals surface area contributed by atoms with Crippen LogP contribution in [0.3, 0.4) is 0 Å². The van der Waals surface area contributed by atoms with Crippen molar-refractivity contribution < 1.29 is 28.6 Å². The van der Waals surface area contributed by atoms with Crippen molar-refractivity contribution in [1.29, 1.82) is 0 Å². The van der Waals surface area contributed by atoms with Crippen molar-refractivity contribution in [3.8, 4) is 0 Å². The first kappa shape index (κ1) is 65.1. The molecule has 0 heterocycles. The van der Waals surface area contributed by atoms with Crippen LogP contribution in [0.25, 0.3) is 0 Å². The molecule has 0 aliphatic rings. The van der Waals surface area contributed by atoms with E-state index >= 15 is 0 Å². The van der Waals surface area contributed by atoms with Gasteiger partial charge in [0.25, 0.3) is 0 Å². The first-order valence-electron chi connectivity index (χ1n) is 29.3. The summed E-state index contributed by atoms with van der Waals surface area (Å²) in [7, 11) is 0. The van der Waals surface area contributed by atoms with Crippen LogP contribution >= 0.6 is 0 Å². The zero-order chi connectivity index (χ0) is 49.3. The lowest BCUT2D eigenvalue weighted by atomic mass is 10.0. The topological polar surface area (TPSA) is 78.9 Å². The number of hydrogen-bond acceptors (Lipinski definition) is 6. The molecule has 0 amide bonds. The molecule has 0 bridgehead atoms. The highest BCUT2D eigenvalue weighted by atomic mass is 16.6. The number of unbranched alkanes of at least 4 members (excludes halogenated alkanes) is 32. The summed E-state index contributed by atoms with van der Waals surface area (Å²) in [6.45, 7) is 6.49. The van der Waals surface area contributed by atoms with Crippen LogP contribution in [0.15, 0.2) is 60.8 Å². The molecular weight excluding hydrogens is 841 g/mol. The van der Waals surface area contributed by atoms with Crippen molar-refractivity contribution in [2.45, 2.75) is 303 Å². The number of esters is 3. The van der Waals surface area contributed by atoms with E-state index in [0.29, 0.717) is 19.3 Å². The summed E-state index contributed by atoms with van der Waals surface area (Å²) >= 11 is 0. The Morgan fingerprint density at radius 3 is 0.971 bits per heavy atom. The molecule has 0 aromatic carbocycles. The van der Waals surface area contributed by atoms with E-state index in [1.54, 1.807) is 0 Å². The minimum absolute atomic E-state index is 0.0747. The Morgan fingerprint density at radius 2 is 0.603 bits per heavy atom. The number of ether oxygens (including phenoxy) is 3. The molecule has 0 rings (SSSR count). The van der Waals surface area contributed by atoms with E-state index in [9.17, 15) is 14.4 Å². The number of rotatable bonds is 53. The summed E-state index contributed by atoms with van der Waals surface area (Å²) in [6, 6.07) is 0. The molecule has 394 valence electrons.